The van der Waals surface area contributed by atoms with Gasteiger partial charge in [-0.1, -0.05) is 26.7 Å². The van der Waals surface area contributed by atoms with Crippen LogP contribution in [0.4, 0.5) is 0 Å². The zero-order valence-corrected chi connectivity index (χ0v) is 13.9. The average molecular weight is 288 g/mol. The van der Waals surface area contributed by atoms with Gasteiger partial charge in [0.05, 0.1) is 0 Å². The first-order chi connectivity index (χ1) is 10.1. The Balaban J connectivity index is 1.69. The molecule has 21 heavy (non-hydrogen) atoms. The summed E-state index contributed by atoms with van der Waals surface area (Å²) in [6.07, 6.45) is 15.3. The summed E-state index contributed by atoms with van der Waals surface area (Å²) in [7, 11) is 0. The van der Waals surface area contributed by atoms with Gasteiger partial charge in [0.25, 0.3) is 0 Å². The minimum Gasteiger partial charge on any atom is -0.303 e. The maximum atomic E-state index is 11.8. The minimum absolute atomic E-state index is 0.340. The fourth-order valence-corrected chi connectivity index (χ4v) is 7.61. The second-order valence-electron chi connectivity index (χ2n) is 9.28. The van der Waals surface area contributed by atoms with Crippen LogP contribution in [0.15, 0.2) is 0 Å². The van der Waals surface area contributed by atoms with Crippen LogP contribution in [0.5, 0.6) is 0 Å². The first-order valence-electron chi connectivity index (χ1n) is 9.55. The quantitative estimate of drug-likeness (QED) is 0.603. The number of fused-ring (bicyclic) bond motifs is 5. The molecule has 0 saturated heterocycles. The molecule has 1 heteroatoms. The van der Waals surface area contributed by atoms with Crippen molar-refractivity contribution in [3.05, 3.63) is 0 Å². The van der Waals surface area contributed by atoms with E-state index in [1.807, 2.05) is 0 Å². The molecule has 0 N–H and O–H groups in total. The molecule has 4 aliphatic carbocycles. The predicted molar refractivity (Wildman–Crippen MR) is 85.9 cm³/mol. The molecule has 7 atom stereocenters. The summed E-state index contributed by atoms with van der Waals surface area (Å²) < 4.78 is 0. The summed E-state index contributed by atoms with van der Waals surface area (Å²) in [4.78, 5) is 11.8. The molecule has 4 aliphatic rings. The lowest BCUT2D eigenvalue weighted by Gasteiger charge is -2.61. The van der Waals surface area contributed by atoms with E-state index in [4.69, 9.17) is 0 Å². The van der Waals surface area contributed by atoms with E-state index in [0.717, 1.165) is 23.7 Å². The smallest absolute Gasteiger partial charge is 0.123 e. The van der Waals surface area contributed by atoms with Crippen molar-refractivity contribution in [3.8, 4) is 0 Å². The maximum Gasteiger partial charge on any atom is 0.123 e. The molecule has 0 aliphatic heterocycles. The van der Waals surface area contributed by atoms with Crippen LogP contribution >= 0.6 is 0 Å². The topological polar surface area (TPSA) is 17.1 Å². The van der Waals surface area contributed by atoms with Crippen LogP contribution in [0, 0.1) is 40.4 Å². The van der Waals surface area contributed by atoms with E-state index in [1.165, 1.54) is 70.5 Å². The van der Waals surface area contributed by atoms with E-state index in [9.17, 15) is 4.79 Å². The van der Waals surface area contributed by atoms with Gasteiger partial charge in [-0.3, -0.25) is 0 Å². The molecular formula is C20H32O. The molecule has 1 nitrogen and oxygen atoms in total. The number of rotatable bonds is 1. The zero-order valence-electron chi connectivity index (χ0n) is 13.9. The molecule has 0 bridgehead atoms. The Morgan fingerprint density at radius 3 is 2.52 bits per heavy atom. The van der Waals surface area contributed by atoms with E-state index in [1.54, 1.807) is 0 Å². The van der Waals surface area contributed by atoms with Gasteiger partial charge in [0, 0.05) is 5.92 Å². The molecule has 118 valence electrons. The fourth-order valence-electron chi connectivity index (χ4n) is 7.61. The molecule has 0 radical (unpaired) electrons. The maximum absolute atomic E-state index is 11.8. The summed E-state index contributed by atoms with van der Waals surface area (Å²) in [6, 6.07) is 0. The van der Waals surface area contributed by atoms with Crippen molar-refractivity contribution in [2.45, 2.75) is 78.1 Å². The van der Waals surface area contributed by atoms with Crippen LogP contribution in [-0.4, -0.2) is 6.29 Å². The Kier molecular flexibility index (Phi) is 3.28. The number of aldehydes is 1. The van der Waals surface area contributed by atoms with Crippen LogP contribution < -0.4 is 0 Å². The van der Waals surface area contributed by atoms with Crippen LogP contribution in [0.3, 0.4) is 0 Å². The van der Waals surface area contributed by atoms with Gasteiger partial charge >= 0.3 is 0 Å². The van der Waals surface area contributed by atoms with E-state index < -0.39 is 0 Å². The molecule has 4 fully saturated rings. The summed E-state index contributed by atoms with van der Waals surface area (Å²) in [5, 5.41) is 0. The lowest BCUT2D eigenvalue weighted by molar-refractivity contribution is -0.145. The largest absolute Gasteiger partial charge is 0.303 e. The Bertz CT molecular complexity index is 430. The number of hydrogen-bond acceptors (Lipinski definition) is 1. The third-order valence-corrected chi connectivity index (χ3v) is 8.78. The minimum atomic E-state index is 0.340. The lowest BCUT2D eigenvalue weighted by Crippen LogP contribution is -2.55. The number of carbonyl (C=O) groups excluding carboxylic acids is 1. The SMILES string of the molecule is C[C@@]12CCC[C@H]1[C@@H]1CCC3CCCC(C=O)[C@]3(C)[C@@H]1CC2. The second kappa shape index (κ2) is 4.83. The average Bonchev–Trinajstić information content (AvgIpc) is 2.88. The molecule has 0 spiro atoms. The van der Waals surface area contributed by atoms with Crippen LogP contribution in [0.25, 0.3) is 0 Å². The zero-order chi connectivity index (χ0) is 14.7. The van der Waals surface area contributed by atoms with Gasteiger partial charge in [-0.25, -0.2) is 0 Å². The van der Waals surface area contributed by atoms with Crippen LogP contribution in [0.1, 0.15) is 78.1 Å². The molecule has 0 aromatic rings. The lowest BCUT2D eigenvalue weighted by atomic mass is 9.43. The predicted octanol–water partition coefficient (Wildman–Crippen LogP) is 5.23. The second-order valence-corrected chi connectivity index (χ2v) is 9.28. The molecule has 4 saturated carbocycles. The van der Waals surface area contributed by atoms with Gasteiger partial charge < -0.3 is 4.79 Å². The van der Waals surface area contributed by atoms with Crippen molar-refractivity contribution in [3.63, 3.8) is 0 Å². The fraction of sp³-hybridized carbons (Fsp3) is 0.950. The molecule has 0 aromatic heterocycles. The van der Waals surface area contributed by atoms with E-state index in [0.29, 0.717) is 16.7 Å². The molecule has 0 heterocycles. The molecule has 4 rings (SSSR count). The highest BCUT2D eigenvalue weighted by Gasteiger charge is 2.59. The highest BCUT2D eigenvalue weighted by Crippen LogP contribution is 2.67. The van der Waals surface area contributed by atoms with E-state index in [-0.39, 0.29) is 0 Å². The highest BCUT2D eigenvalue weighted by molar-refractivity contribution is 5.55. The molecule has 0 aromatic carbocycles. The van der Waals surface area contributed by atoms with Crippen molar-refractivity contribution in [1.82, 2.24) is 0 Å². The normalized spacial score (nSPS) is 56.2. The van der Waals surface area contributed by atoms with Crippen molar-refractivity contribution in [1.29, 1.82) is 0 Å². The highest BCUT2D eigenvalue weighted by atomic mass is 16.1. The Morgan fingerprint density at radius 2 is 1.71 bits per heavy atom. The van der Waals surface area contributed by atoms with Crippen LogP contribution in [0.2, 0.25) is 0 Å². The monoisotopic (exact) mass is 288 g/mol. The Morgan fingerprint density at radius 1 is 0.857 bits per heavy atom. The van der Waals surface area contributed by atoms with Gasteiger partial charge in [0.15, 0.2) is 0 Å². The van der Waals surface area contributed by atoms with Gasteiger partial charge in [0.1, 0.15) is 6.29 Å². The first-order valence-corrected chi connectivity index (χ1v) is 9.55. The summed E-state index contributed by atoms with van der Waals surface area (Å²) in [5.74, 6) is 3.96. The third-order valence-electron chi connectivity index (χ3n) is 8.78. The van der Waals surface area contributed by atoms with Crippen LogP contribution in [-0.2, 0) is 4.79 Å². The van der Waals surface area contributed by atoms with E-state index in [2.05, 4.69) is 13.8 Å². The van der Waals surface area contributed by atoms with Gasteiger partial charge in [-0.15, -0.1) is 0 Å². The standard InChI is InChI=1S/C20H32O/c1-19-11-4-7-17(19)16-9-8-14-5-3-6-15(13-21)20(14,2)18(16)10-12-19/h13-18H,3-12H2,1-2H3/t14?,15?,16-,17-,18+,19-,20+/m0/s1. The van der Waals surface area contributed by atoms with E-state index >= 15 is 0 Å². The van der Waals surface area contributed by atoms with Crippen molar-refractivity contribution < 1.29 is 4.79 Å². The van der Waals surface area contributed by atoms with Crippen molar-refractivity contribution in [2.75, 3.05) is 0 Å². The molecular weight excluding hydrogens is 256 g/mol. The van der Waals surface area contributed by atoms with Gasteiger partial charge in [-0.05, 0) is 85.9 Å². The Labute approximate surface area is 130 Å². The van der Waals surface area contributed by atoms with Gasteiger partial charge in [-0.2, -0.15) is 0 Å². The number of carbonyl (C=O) groups is 1. The Hall–Kier alpha value is -0.330. The summed E-state index contributed by atoms with van der Waals surface area (Å²) in [5.41, 5.74) is 0.989. The summed E-state index contributed by atoms with van der Waals surface area (Å²) >= 11 is 0. The molecule has 2 unspecified atom stereocenters. The van der Waals surface area contributed by atoms with Crippen molar-refractivity contribution in [2.24, 2.45) is 40.4 Å². The van der Waals surface area contributed by atoms with Crippen molar-refractivity contribution >= 4 is 6.29 Å². The number of hydrogen-bond donors (Lipinski definition) is 0. The first kappa shape index (κ1) is 14.3. The summed E-state index contributed by atoms with van der Waals surface area (Å²) in [6.45, 7) is 5.09. The third kappa shape index (κ3) is 1.85. The molecule has 0 amide bonds. The van der Waals surface area contributed by atoms with Gasteiger partial charge in [0.2, 0.25) is 0 Å².